The summed E-state index contributed by atoms with van der Waals surface area (Å²) in [4.78, 5) is 22.5. The van der Waals surface area contributed by atoms with Crippen LogP contribution in [0.15, 0.2) is 42.5 Å². The van der Waals surface area contributed by atoms with Crippen LogP contribution in [0.25, 0.3) is 0 Å². The van der Waals surface area contributed by atoms with Crippen LogP contribution in [-0.4, -0.2) is 16.6 Å². The number of carbonyl (C=O) groups excluding carboxylic acids is 1. The van der Waals surface area contributed by atoms with Crippen LogP contribution in [0.5, 0.6) is 0 Å². The van der Waals surface area contributed by atoms with E-state index >= 15 is 0 Å². The van der Waals surface area contributed by atoms with E-state index in [0.29, 0.717) is 0 Å². The van der Waals surface area contributed by atoms with Crippen LogP contribution in [0.1, 0.15) is 28.9 Å². The van der Waals surface area contributed by atoms with Gasteiger partial charge in [0.2, 0.25) is 5.91 Å². The van der Waals surface area contributed by atoms with Gasteiger partial charge in [-0.2, -0.15) is 0 Å². The summed E-state index contributed by atoms with van der Waals surface area (Å²) in [5.74, 6) is 0.206. The Balaban J connectivity index is 1.92. The summed E-state index contributed by atoms with van der Waals surface area (Å²) in [6, 6.07) is 12.3. The van der Waals surface area contributed by atoms with Gasteiger partial charge in [0.1, 0.15) is 0 Å². The lowest BCUT2D eigenvalue weighted by Crippen LogP contribution is -2.14. The van der Waals surface area contributed by atoms with Crippen LogP contribution in [0.3, 0.4) is 0 Å². The summed E-state index contributed by atoms with van der Waals surface area (Å²) >= 11 is 1.45. The molecule has 0 aliphatic carbocycles. The third-order valence-electron chi connectivity index (χ3n) is 3.81. The number of thioether (sulfide) groups is 1. The van der Waals surface area contributed by atoms with Crippen molar-refractivity contribution in [1.29, 1.82) is 0 Å². The molecule has 0 bridgehead atoms. The van der Waals surface area contributed by atoms with E-state index in [0.717, 1.165) is 16.8 Å². The minimum Gasteiger partial charge on any atom is -0.325 e. The van der Waals surface area contributed by atoms with Crippen LogP contribution in [-0.2, 0) is 4.79 Å². The fourth-order valence-electron chi connectivity index (χ4n) is 2.20. The Morgan fingerprint density at radius 3 is 2.62 bits per heavy atom. The molecule has 0 unspecified atom stereocenters. The maximum atomic E-state index is 12.1. The number of nitrogens with zero attached hydrogens (tertiary/aromatic N) is 1. The van der Waals surface area contributed by atoms with Gasteiger partial charge in [0.25, 0.3) is 5.69 Å². The number of anilines is 1. The number of nitro groups is 1. The third-order valence-corrected chi connectivity index (χ3v) is 5.01. The zero-order valence-corrected chi connectivity index (χ0v) is 14.7. The Morgan fingerprint density at radius 2 is 1.96 bits per heavy atom. The molecule has 2 rings (SSSR count). The number of hydrogen-bond acceptors (Lipinski definition) is 4. The number of rotatable bonds is 6. The van der Waals surface area contributed by atoms with E-state index in [9.17, 15) is 14.9 Å². The molecule has 0 fully saturated rings. The molecule has 0 saturated heterocycles. The first-order valence-electron chi connectivity index (χ1n) is 7.60. The number of hydrogen-bond donors (Lipinski definition) is 1. The van der Waals surface area contributed by atoms with Gasteiger partial charge >= 0.3 is 0 Å². The highest BCUT2D eigenvalue weighted by Gasteiger charge is 2.13. The second-order valence-corrected chi connectivity index (χ2v) is 6.98. The molecular weight excluding hydrogens is 324 g/mol. The van der Waals surface area contributed by atoms with Crippen molar-refractivity contribution in [3.63, 3.8) is 0 Å². The molecule has 0 aliphatic rings. The summed E-state index contributed by atoms with van der Waals surface area (Å²) in [5, 5.41) is 13.7. The van der Waals surface area contributed by atoms with Crippen molar-refractivity contribution in [3.8, 4) is 0 Å². The smallest absolute Gasteiger partial charge is 0.269 e. The molecule has 1 N–H and O–H groups in total. The normalized spacial score (nSPS) is 11.8. The lowest BCUT2D eigenvalue weighted by Gasteiger charge is -2.12. The van der Waals surface area contributed by atoms with Gasteiger partial charge in [0.05, 0.1) is 10.7 Å². The topological polar surface area (TPSA) is 72.2 Å². The Labute approximate surface area is 145 Å². The summed E-state index contributed by atoms with van der Waals surface area (Å²) in [5.41, 5.74) is 4.01. The number of benzene rings is 2. The average Bonchev–Trinajstić information content (AvgIpc) is 2.56. The van der Waals surface area contributed by atoms with Crippen molar-refractivity contribution in [1.82, 2.24) is 0 Å². The number of nitrogens with one attached hydrogen (secondary N) is 1. The molecule has 0 spiro atoms. The van der Waals surface area contributed by atoms with Crippen LogP contribution in [0.2, 0.25) is 0 Å². The van der Waals surface area contributed by atoms with E-state index in [1.165, 1.54) is 23.4 Å². The van der Waals surface area contributed by atoms with E-state index in [2.05, 4.69) is 5.32 Å². The molecule has 5 nitrogen and oxygen atoms in total. The van der Waals surface area contributed by atoms with Crippen molar-refractivity contribution >= 4 is 29.0 Å². The van der Waals surface area contributed by atoms with Gasteiger partial charge in [-0.3, -0.25) is 14.9 Å². The first-order valence-corrected chi connectivity index (χ1v) is 8.64. The van der Waals surface area contributed by atoms with Gasteiger partial charge < -0.3 is 5.32 Å². The van der Waals surface area contributed by atoms with Gasteiger partial charge in [-0.25, -0.2) is 0 Å². The first-order chi connectivity index (χ1) is 11.4. The fraction of sp³-hybridized carbons (Fsp3) is 0.278. The largest absolute Gasteiger partial charge is 0.325 e. The fourth-order valence-corrected chi connectivity index (χ4v) is 3.02. The third kappa shape index (κ3) is 4.83. The summed E-state index contributed by atoms with van der Waals surface area (Å²) < 4.78 is 0. The molecule has 6 heteroatoms. The van der Waals surface area contributed by atoms with Crippen LogP contribution in [0, 0.1) is 24.0 Å². The van der Waals surface area contributed by atoms with Crippen molar-refractivity contribution in [2.24, 2.45) is 0 Å². The van der Waals surface area contributed by atoms with E-state index in [4.69, 9.17) is 0 Å². The van der Waals surface area contributed by atoms with Crippen molar-refractivity contribution in [2.75, 3.05) is 11.1 Å². The standard InChI is InChI=1S/C18H20N2O3S/c1-12-7-8-16(9-13(12)2)19-18(21)11-24-14(3)15-5-4-6-17(10-15)20(22)23/h4-10,14H,11H2,1-3H3,(H,19,21)/t14-/m0/s1. The molecule has 0 aliphatic heterocycles. The predicted octanol–water partition coefficient (Wildman–Crippen LogP) is 4.64. The predicted molar refractivity (Wildman–Crippen MR) is 98.5 cm³/mol. The second-order valence-electron chi connectivity index (χ2n) is 5.65. The number of carbonyl (C=O) groups is 1. The molecule has 1 amide bonds. The molecule has 0 saturated carbocycles. The SMILES string of the molecule is Cc1ccc(NC(=O)CS[C@@H](C)c2cccc([N+](=O)[O-])c2)cc1C. The highest BCUT2D eigenvalue weighted by Crippen LogP contribution is 2.30. The Bertz CT molecular complexity index is 762. The molecule has 0 aromatic heterocycles. The van der Waals surface area contributed by atoms with E-state index < -0.39 is 4.92 Å². The summed E-state index contributed by atoms with van der Waals surface area (Å²) in [6.07, 6.45) is 0. The Kier molecular flexibility index (Phi) is 5.98. The zero-order chi connectivity index (χ0) is 17.7. The molecule has 0 radical (unpaired) electrons. The van der Waals surface area contributed by atoms with Crippen LogP contribution >= 0.6 is 11.8 Å². The van der Waals surface area contributed by atoms with Crippen molar-refractivity contribution < 1.29 is 9.72 Å². The maximum absolute atomic E-state index is 12.1. The lowest BCUT2D eigenvalue weighted by atomic mass is 10.1. The van der Waals surface area contributed by atoms with Gasteiger partial charge in [-0.1, -0.05) is 18.2 Å². The molecule has 2 aromatic rings. The number of non-ortho nitro benzene ring substituents is 1. The molecular formula is C18H20N2O3S. The second kappa shape index (κ2) is 7.97. The van der Waals surface area contributed by atoms with Gasteiger partial charge in [-0.15, -0.1) is 11.8 Å². The number of nitro benzene ring substituents is 1. The molecule has 24 heavy (non-hydrogen) atoms. The van der Waals surface area contributed by atoms with Crippen LogP contribution in [0.4, 0.5) is 11.4 Å². The Hall–Kier alpha value is -2.34. The quantitative estimate of drug-likeness (QED) is 0.612. The summed E-state index contributed by atoms with van der Waals surface area (Å²) in [6.45, 7) is 5.97. The van der Waals surface area contributed by atoms with Gasteiger partial charge in [0, 0.05) is 23.1 Å². The molecule has 2 aromatic carbocycles. The van der Waals surface area contributed by atoms with Crippen molar-refractivity contribution in [2.45, 2.75) is 26.0 Å². The number of amides is 1. The average molecular weight is 344 g/mol. The summed E-state index contributed by atoms with van der Waals surface area (Å²) in [7, 11) is 0. The van der Waals surface area contributed by atoms with E-state index in [-0.39, 0.29) is 22.6 Å². The highest BCUT2D eigenvalue weighted by atomic mass is 32.2. The van der Waals surface area contributed by atoms with E-state index in [1.54, 1.807) is 12.1 Å². The molecule has 1 atom stereocenters. The number of aryl methyl sites for hydroxylation is 2. The molecule has 0 heterocycles. The maximum Gasteiger partial charge on any atom is 0.269 e. The van der Waals surface area contributed by atoms with Crippen LogP contribution < -0.4 is 5.32 Å². The first kappa shape index (κ1) is 18.0. The van der Waals surface area contributed by atoms with E-state index in [1.807, 2.05) is 45.0 Å². The van der Waals surface area contributed by atoms with Crippen molar-refractivity contribution in [3.05, 3.63) is 69.3 Å². The van der Waals surface area contributed by atoms with Gasteiger partial charge in [0.15, 0.2) is 0 Å². The van der Waals surface area contributed by atoms with Gasteiger partial charge in [-0.05, 0) is 49.6 Å². The lowest BCUT2D eigenvalue weighted by molar-refractivity contribution is -0.384. The highest BCUT2D eigenvalue weighted by molar-refractivity contribution is 8.00. The Morgan fingerprint density at radius 1 is 1.21 bits per heavy atom. The minimum atomic E-state index is -0.409. The zero-order valence-electron chi connectivity index (χ0n) is 13.9. The monoisotopic (exact) mass is 344 g/mol. The minimum absolute atomic E-state index is 0.00426. The molecule has 126 valence electrons.